The lowest BCUT2D eigenvalue weighted by atomic mass is 10.3. The summed E-state index contributed by atoms with van der Waals surface area (Å²) in [6.45, 7) is 0. The van der Waals surface area contributed by atoms with Crippen LogP contribution in [-0.4, -0.2) is 11.0 Å². The van der Waals surface area contributed by atoms with Crippen molar-refractivity contribution in [2.45, 2.75) is 0 Å². The fourth-order valence-electron chi connectivity index (χ4n) is 1.20. The summed E-state index contributed by atoms with van der Waals surface area (Å²) in [5.74, 6) is -0.00305. The lowest BCUT2D eigenvalue weighted by Crippen LogP contribution is -2.09. The van der Waals surface area contributed by atoms with Gasteiger partial charge in [-0.2, -0.15) is 0 Å². The second kappa shape index (κ2) is 5.20. The zero-order chi connectivity index (χ0) is 12.4. The topological polar surface area (TPSA) is 49.3 Å². The smallest absolute Gasteiger partial charge is 0.265 e. The molecule has 0 aliphatic carbocycles. The molecule has 0 saturated carbocycles. The molecular weight excluding hydrogens is 370 g/mol. The molecule has 0 radical (unpaired) electrons. The van der Waals surface area contributed by atoms with Crippen molar-refractivity contribution >= 4 is 54.8 Å². The highest BCUT2D eigenvalue weighted by Gasteiger charge is 2.11. The van der Waals surface area contributed by atoms with Gasteiger partial charge in [-0.15, -0.1) is 11.3 Å². The maximum absolute atomic E-state index is 11.9. The van der Waals surface area contributed by atoms with E-state index in [0.29, 0.717) is 10.6 Å². The predicted octanol–water partition coefficient (Wildman–Crippen LogP) is 4.23. The zero-order valence-electron chi connectivity index (χ0n) is 8.41. The minimum absolute atomic E-state index is 0.171. The summed E-state index contributed by atoms with van der Waals surface area (Å²) in [6.07, 6.45) is 0. The number of phenolic OH excluding ortho intramolecular Hbond substituents is 1. The summed E-state index contributed by atoms with van der Waals surface area (Å²) in [4.78, 5) is 12.5. The Labute approximate surface area is 119 Å². The summed E-state index contributed by atoms with van der Waals surface area (Å²) >= 11 is 8.02. The number of carbonyl (C=O) groups is 1. The van der Waals surface area contributed by atoms with Crippen LogP contribution in [0.1, 0.15) is 9.67 Å². The molecule has 0 bridgehead atoms. The van der Waals surface area contributed by atoms with Gasteiger partial charge in [-0.3, -0.25) is 4.79 Å². The van der Waals surface area contributed by atoms with Crippen LogP contribution in [0.5, 0.6) is 5.75 Å². The molecule has 0 aliphatic heterocycles. The molecule has 2 aromatic rings. The van der Waals surface area contributed by atoms with Gasteiger partial charge in [0.1, 0.15) is 5.75 Å². The maximum Gasteiger partial charge on any atom is 0.265 e. The molecular formula is C11H7Br2NO2S. The van der Waals surface area contributed by atoms with Gasteiger partial charge >= 0.3 is 0 Å². The van der Waals surface area contributed by atoms with Crippen molar-refractivity contribution in [1.29, 1.82) is 0 Å². The van der Waals surface area contributed by atoms with Crippen LogP contribution in [0.4, 0.5) is 5.69 Å². The van der Waals surface area contributed by atoms with Crippen LogP contribution in [0.2, 0.25) is 0 Å². The molecule has 0 spiro atoms. The number of amides is 1. The van der Waals surface area contributed by atoms with Crippen molar-refractivity contribution in [3.8, 4) is 5.75 Å². The Balaban J connectivity index is 2.14. The number of rotatable bonds is 2. The molecule has 3 nitrogen and oxygen atoms in total. The fraction of sp³-hybridized carbons (Fsp3) is 0. The van der Waals surface area contributed by atoms with Crippen molar-refractivity contribution in [3.05, 3.63) is 43.5 Å². The van der Waals surface area contributed by atoms with E-state index in [1.54, 1.807) is 18.2 Å². The Morgan fingerprint density at radius 1 is 1.24 bits per heavy atom. The van der Waals surface area contributed by atoms with Crippen molar-refractivity contribution in [2.75, 3.05) is 5.32 Å². The van der Waals surface area contributed by atoms with Gasteiger partial charge in [0.15, 0.2) is 0 Å². The van der Waals surface area contributed by atoms with E-state index in [4.69, 9.17) is 5.11 Å². The zero-order valence-corrected chi connectivity index (χ0v) is 12.4. The van der Waals surface area contributed by atoms with Crippen molar-refractivity contribution in [1.82, 2.24) is 0 Å². The monoisotopic (exact) mass is 375 g/mol. The maximum atomic E-state index is 11.9. The number of phenols is 1. The van der Waals surface area contributed by atoms with Crippen molar-refractivity contribution < 1.29 is 9.90 Å². The second-order valence-electron chi connectivity index (χ2n) is 3.23. The molecule has 1 heterocycles. The van der Waals surface area contributed by atoms with Crippen LogP contribution in [0.15, 0.2) is 38.6 Å². The molecule has 1 aromatic heterocycles. The van der Waals surface area contributed by atoms with Gasteiger partial charge < -0.3 is 10.4 Å². The van der Waals surface area contributed by atoms with E-state index in [2.05, 4.69) is 37.2 Å². The number of carbonyl (C=O) groups excluding carboxylic acids is 1. The number of hydrogen-bond acceptors (Lipinski definition) is 3. The predicted molar refractivity (Wildman–Crippen MR) is 75.8 cm³/mol. The van der Waals surface area contributed by atoms with Gasteiger partial charge in [0.05, 0.1) is 8.66 Å². The quantitative estimate of drug-likeness (QED) is 0.770. The van der Waals surface area contributed by atoms with E-state index in [1.807, 2.05) is 0 Å². The van der Waals surface area contributed by atoms with Crippen LogP contribution < -0.4 is 5.32 Å². The fourth-order valence-corrected chi connectivity index (χ4v) is 3.13. The van der Waals surface area contributed by atoms with E-state index < -0.39 is 0 Å². The molecule has 17 heavy (non-hydrogen) atoms. The Hall–Kier alpha value is -0.850. The Kier molecular flexibility index (Phi) is 3.86. The molecule has 1 aromatic carbocycles. The van der Waals surface area contributed by atoms with Crippen molar-refractivity contribution in [2.24, 2.45) is 0 Å². The normalized spacial score (nSPS) is 10.2. The molecule has 88 valence electrons. The standard InChI is InChI=1S/C11H7Br2NO2S/c12-8-5-9(17-10(8)13)11(16)14-6-1-3-7(15)4-2-6/h1-5,15H,(H,14,16). The summed E-state index contributed by atoms with van der Waals surface area (Å²) in [5, 5.41) is 11.9. The SMILES string of the molecule is O=C(Nc1ccc(O)cc1)c1cc(Br)c(Br)s1. The van der Waals surface area contributed by atoms with Crippen LogP contribution in [0, 0.1) is 0 Å². The first-order valence-corrected chi connectivity index (χ1v) is 7.02. The Morgan fingerprint density at radius 3 is 2.41 bits per heavy atom. The van der Waals surface area contributed by atoms with E-state index in [0.717, 1.165) is 8.26 Å². The molecule has 0 unspecified atom stereocenters. The second-order valence-corrected chi connectivity index (χ2v) is 6.46. The highest BCUT2D eigenvalue weighted by atomic mass is 79.9. The molecule has 0 atom stereocenters. The average Bonchev–Trinajstić information content (AvgIpc) is 2.63. The number of aromatic hydroxyl groups is 1. The molecule has 2 rings (SSSR count). The molecule has 0 saturated heterocycles. The molecule has 6 heteroatoms. The molecule has 2 N–H and O–H groups in total. The first kappa shape index (κ1) is 12.6. The highest BCUT2D eigenvalue weighted by molar-refractivity contribution is 9.13. The molecule has 0 aliphatic rings. The first-order valence-electron chi connectivity index (χ1n) is 4.61. The average molecular weight is 377 g/mol. The van der Waals surface area contributed by atoms with E-state index >= 15 is 0 Å². The summed E-state index contributed by atoms with van der Waals surface area (Å²) < 4.78 is 1.74. The Bertz CT molecular complexity index is 532. The van der Waals surface area contributed by atoms with Gasteiger partial charge in [0.2, 0.25) is 0 Å². The number of nitrogens with one attached hydrogen (secondary N) is 1. The number of benzene rings is 1. The van der Waals surface area contributed by atoms with Crippen molar-refractivity contribution in [3.63, 3.8) is 0 Å². The van der Waals surface area contributed by atoms with Gasteiger partial charge in [-0.05, 0) is 62.2 Å². The third-order valence-electron chi connectivity index (χ3n) is 1.99. The van der Waals surface area contributed by atoms with E-state index in [1.165, 1.54) is 23.5 Å². The van der Waals surface area contributed by atoms with Crippen LogP contribution in [0.3, 0.4) is 0 Å². The lowest BCUT2D eigenvalue weighted by Gasteiger charge is -2.02. The van der Waals surface area contributed by atoms with Gasteiger partial charge in [-0.1, -0.05) is 0 Å². The number of thiophene rings is 1. The van der Waals surface area contributed by atoms with Crippen LogP contribution >= 0.6 is 43.2 Å². The van der Waals surface area contributed by atoms with Crippen LogP contribution in [0.25, 0.3) is 0 Å². The summed E-state index contributed by atoms with van der Waals surface area (Å²) in [6, 6.07) is 8.09. The number of anilines is 1. The molecule has 1 amide bonds. The third kappa shape index (κ3) is 3.08. The van der Waals surface area contributed by atoms with Gasteiger partial charge in [0, 0.05) is 10.2 Å². The van der Waals surface area contributed by atoms with E-state index in [-0.39, 0.29) is 11.7 Å². The third-order valence-corrected chi connectivity index (χ3v) is 5.25. The molecule has 0 fully saturated rings. The summed E-state index contributed by atoms with van der Waals surface area (Å²) in [7, 11) is 0. The Morgan fingerprint density at radius 2 is 1.88 bits per heavy atom. The first-order chi connectivity index (χ1) is 8.06. The number of hydrogen-bond donors (Lipinski definition) is 2. The summed E-state index contributed by atoms with van der Waals surface area (Å²) in [5.41, 5.74) is 0.647. The van der Waals surface area contributed by atoms with Crippen LogP contribution in [-0.2, 0) is 0 Å². The number of halogens is 2. The van der Waals surface area contributed by atoms with Gasteiger partial charge in [-0.25, -0.2) is 0 Å². The van der Waals surface area contributed by atoms with Gasteiger partial charge in [0.25, 0.3) is 5.91 Å². The minimum atomic E-state index is -0.174. The van der Waals surface area contributed by atoms with E-state index in [9.17, 15) is 4.79 Å². The largest absolute Gasteiger partial charge is 0.508 e. The lowest BCUT2D eigenvalue weighted by molar-refractivity contribution is 0.103. The minimum Gasteiger partial charge on any atom is -0.508 e. The highest BCUT2D eigenvalue weighted by Crippen LogP contribution is 2.32.